The van der Waals surface area contributed by atoms with Gasteiger partial charge in [-0.3, -0.25) is 4.79 Å². The second-order valence-corrected chi connectivity index (χ2v) is 6.97. The van der Waals surface area contributed by atoms with Gasteiger partial charge < -0.3 is 19.4 Å². The predicted octanol–water partition coefficient (Wildman–Crippen LogP) is 3.08. The number of rotatable bonds is 3. The lowest BCUT2D eigenvalue weighted by Crippen LogP contribution is -2.39. The molecule has 0 saturated carbocycles. The third-order valence-electron chi connectivity index (χ3n) is 5.57. The van der Waals surface area contributed by atoms with Crippen molar-refractivity contribution in [2.75, 3.05) is 19.1 Å². The largest absolute Gasteiger partial charge is 0.497 e. The summed E-state index contributed by atoms with van der Waals surface area (Å²) < 4.78 is 10.7. The maximum atomic E-state index is 13.2. The third kappa shape index (κ3) is 2.22. The highest BCUT2D eigenvalue weighted by Crippen LogP contribution is 2.40. The smallest absolute Gasteiger partial charge is 0.332 e. The van der Waals surface area contributed by atoms with E-state index in [1.807, 2.05) is 24.3 Å². The maximum absolute atomic E-state index is 13.2. The highest BCUT2D eigenvalue weighted by molar-refractivity contribution is 6.22. The van der Waals surface area contributed by atoms with Crippen molar-refractivity contribution in [3.63, 3.8) is 0 Å². The van der Waals surface area contributed by atoms with Crippen LogP contribution in [-0.4, -0.2) is 42.1 Å². The number of urea groups is 1. The van der Waals surface area contributed by atoms with Gasteiger partial charge in [0.05, 0.1) is 26.5 Å². The number of imide groups is 1. The number of hydrogen-bond donors (Lipinski definition) is 1. The molecule has 1 saturated heterocycles. The van der Waals surface area contributed by atoms with Crippen LogP contribution in [0.15, 0.2) is 42.5 Å². The molecule has 3 heterocycles. The van der Waals surface area contributed by atoms with Crippen LogP contribution in [0, 0.1) is 0 Å². The quantitative estimate of drug-likeness (QED) is 0.712. The van der Waals surface area contributed by atoms with Crippen LogP contribution in [0.2, 0.25) is 0 Å². The van der Waals surface area contributed by atoms with Gasteiger partial charge in [0.15, 0.2) is 0 Å². The molecule has 7 heteroatoms. The topological polar surface area (TPSA) is 74.9 Å². The zero-order chi connectivity index (χ0) is 19.4. The Labute approximate surface area is 161 Å². The number of methoxy groups -OCH3 is 2. The molecule has 2 aliphatic rings. The number of nitrogens with zero attached hydrogens (tertiary/aromatic N) is 2. The summed E-state index contributed by atoms with van der Waals surface area (Å²) in [5, 5.41) is 1.11. The maximum Gasteiger partial charge on any atom is 0.332 e. The summed E-state index contributed by atoms with van der Waals surface area (Å²) in [7, 11) is 3.06. The minimum absolute atomic E-state index is 0.243. The molecule has 3 aromatic rings. The van der Waals surface area contributed by atoms with Gasteiger partial charge in [0.2, 0.25) is 0 Å². The summed E-state index contributed by atoms with van der Waals surface area (Å²) in [5.41, 5.74) is 3.52. The van der Waals surface area contributed by atoms with Crippen molar-refractivity contribution in [3.8, 4) is 11.5 Å². The Kier molecular flexibility index (Phi) is 3.58. The molecule has 0 bridgehead atoms. The van der Waals surface area contributed by atoms with Crippen molar-refractivity contribution in [2.24, 2.45) is 0 Å². The number of anilines is 1. The first-order valence-corrected chi connectivity index (χ1v) is 9.07. The zero-order valence-corrected chi connectivity index (χ0v) is 15.6. The molecule has 5 rings (SSSR count). The number of benzene rings is 2. The first-order valence-electron chi connectivity index (χ1n) is 9.07. The number of aromatic amines is 1. The van der Waals surface area contributed by atoms with Crippen molar-refractivity contribution < 1.29 is 19.1 Å². The molecule has 28 heavy (non-hydrogen) atoms. The SMILES string of the molecule is COc1ccc(OC)c(N2C(=O)C3Cc4c([nH]c5ccccc45)CN3C2=O)c1. The van der Waals surface area contributed by atoms with Crippen molar-refractivity contribution in [1.82, 2.24) is 9.88 Å². The average molecular weight is 377 g/mol. The fourth-order valence-corrected chi connectivity index (χ4v) is 4.19. The molecule has 1 unspecified atom stereocenters. The van der Waals surface area contributed by atoms with Gasteiger partial charge in [0.25, 0.3) is 5.91 Å². The molecular formula is C21H19N3O4. The van der Waals surface area contributed by atoms with Gasteiger partial charge in [-0.1, -0.05) is 18.2 Å². The lowest BCUT2D eigenvalue weighted by atomic mass is 9.97. The fourth-order valence-electron chi connectivity index (χ4n) is 4.19. The van der Waals surface area contributed by atoms with Gasteiger partial charge in [0, 0.05) is 29.1 Å². The summed E-state index contributed by atoms with van der Waals surface area (Å²) in [4.78, 5) is 32.6. The second kappa shape index (κ2) is 6.02. The van der Waals surface area contributed by atoms with Gasteiger partial charge >= 0.3 is 6.03 Å². The van der Waals surface area contributed by atoms with Crippen molar-refractivity contribution in [3.05, 3.63) is 53.7 Å². The molecule has 1 atom stereocenters. The molecule has 3 amide bonds. The number of hydrogen-bond acceptors (Lipinski definition) is 4. The Hall–Kier alpha value is -3.48. The number of aromatic nitrogens is 1. The number of H-pyrrole nitrogens is 1. The van der Waals surface area contributed by atoms with E-state index in [1.54, 1.807) is 30.2 Å². The molecule has 7 nitrogen and oxygen atoms in total. The van der Waals surface area contributed by atoms with Crippen molar-refractivity contribution in [1.29, 1.82) is 0 Å². The standard InChI is InChI=1S/C21H19N3O4/c1-27-12-7-8-19(28-2)17(9-12)24-20(25)18-10-14-13-5-3-4-6-15(13)22-16(14)11-23(18)21(24)26/h3-9,18,22H,10-11H2,1-2H3. The Morgan fingerprint density at radius 2 is 1.89 bits per heavy atom. The zero-order valence-electron chi connectivity index (χ0n) is 15.6. The number of fused-ring (bicyclic) bond motifs is 4. The van der Waals surface area contributed by atoms with E-state index in [0.29, 0.717) is 30.2 Å². The molecule has 2 aliphatic heterocycles. The van der Waals surface area contributed by atoms with Gasteiger partial charge in [0.1, 0.15) is 17.5 Å². The van der Waals surface area contributed by atoms with Crippen LogP contribution in [0.3, 0.4) is 0 Å². The lowest BCUT2D eigenvalue weighted by Gasteiger charge is -2.26. The summed E-state index contributed by atoms with van der Waals surface area (Å²) in [6, 6.07) is 12.2. The van der Waals surface area contributed by atoms with E-state index in [0.717, 1.165) is 22.2 Å². The normalized spacial score (nSPS) is 18.4. The van der Waals surface area contributed by atoms with Crippen LogP contribution in [0.25, 0.3) is 10.9 Å². The highest BCUT2D eigenvalue weighted by atomic mass is 16.5. The molecule has 0 aliphatic carbocycles. The molecule has 1 N–H and O–H groups in total. The van der Waals surface area contributed by atoms with E-state index < -0.39 is 6.04 Å². The fraction of sp³-hybridized carbons (Fsp3) is 0.238. The van der Waals surface area contributed by atoms with Crippen LogP contribution >= 0.6 is 0 Å². The molecule has 1 aromatic heterocycles. The molecular weight excluding hydrogens is 358 g/mol. The summed E-state index contributed by atoms with van der Waals surface area (Å²) in [6.07, 6.45) is 0.493. The Bertz CT molecular complexity index is 1120. The van der Waals surface area contributed by atoms with E-state index in [4.69, 9.17) is 9.47 Å². The van der Waals surface area contributed by atoms with Gasteiger partial charge in [-0.2, -0.15) is 0 Å². The van der Waals surface area contributed by atoms with E-state index in [9.17, 15) is 9.59 Å². The minimum atomic E-state index is -0.518. The molecule has 142 valence electrons. The van der Waals surface area contributed by atoms with E-state index >= 15 is 0 Å². The molecule has 2 aromatic carbocycles. The van der Waals surface area contributed by atoms with E-state index in [-0.39, 0.29) is 11.9 Å². The van der Waals surface area contributed by atoms with Gasteiger partial charge in [-0.15, -0.1) is 0 Å². The van der Waals surface area contributed by atoms with Crippen molar-refractivity contribution >= 4 is 28.5 Å². The minimum Gasteiger partial charge on any atom is -0.497 e. The molecule has 1 fully saturated rings. The lowest BCUT2D eigenvalue weighted by molar-refractivity contribution is -0.120. The summed E-state index contributed by atoms with van der Waals surface area (Å²) >= 11 is 0. The van der Waals surface area contributed by atoms with Crippen LogP contribution in [0.4, 0.5) is 10.5 Å². The average Bonchev–Trinajstić information content (AvgIpc) is 3.21. The number of carbonyl (C=O) groups is 2. The first-order chi connectivity index (χ1) is 13.6. The number of nitrogens with one attached hydrogen (secondary N) is 1. The number of ether oxygens (including phenoxy) is 2. The van der Waals surface area contributed by atoms with Crippen LogP contribution in [-0.2, 0) is 17.8 Å². The number of amides is 3. The number of carbonyl (C=O) groups excluding carboxylic acids is 2. The molecule has 0 spiro atoms. The monoisotopic (exact) mass is 377 g/mol. The number of para-hydroxylation sites is 1. The van der Waals surface area contributed by atoms with Crippen molar-refractivity contribution in [2.45, 2.75) is 19.0 Å². The van der Waals surface area contributed by atoms with E-state index in [1.165, 1.54) is 12.0 Å². The predicted molar refractivity (Wildman–Crippen MR) is 104 cm³/mol. The summed E-state index contributed by atoms with van der Waals surface area (Å²) in [6.45, 7) is 0.377. The van der Waals surface area contributed by atoms with Crippen LogP contribution < -0.4 is 14.4 Å². The second-order valence-electron chi connectivity index (χ2n) is 6.97. The summed E-state index contributed by atoms with van der Waals surface area (Å²) in [5.74, 6) is 0.760. The highest BCUT2D eigenvalue weighted by Gasteiger charge is 2.49. The molecule has 0 radical (unpaired) electrons. The van der Waals surface area contributed by atoms with Gasteiger partial charge in [-0.05, 0) is 23.8 Å². The van der Waals surface area contributed by atoms with Gasteiger partial charge in [-0.25, -0.2) is 9.69 Å². The first kappa shape index (κ1) is 16.7. The van der Waals surface area contributed by atoms with Crippen LogP contribution in [0.5, 0.6) is 11.5 Å². The third-order valence-corrected chi connectivity index (χ3v) is 5.57. The Morgan fingerprint density at radius 1 is 1.07 bits per heavy atom. The Balaban J connectivity index is 1.56. The van der Waals surface area contributed by atoms with E-state index in [2.05, 4.69) is 4.98 Å². The van der Waals surface area contributed by atoms with Crippen LogP contribution in [0.1, 0.15) is 11.3 Å². The Morgan fingerprint density at radius 3 is 2.68 bits per heavy atom.